The van der Waals surface area contributed by atoms with Gasteiger partial charge in [-0.1, -0.05) is 110 Å². The Kier molecular flexibility index (Phi) is 6.38. The molecule has 0 atom stereocenters. The molecule has 3 nitrogen and oxygen atoms in total. The average molecular weight is 731 g/mol. The van der Waals surface area contributed by atoms with Crippen molar-refractivity contribution in [2.75, 3.05) is 0 Å². The van der Waals surface area contributed by atoms with E-state index in [0.29, 0.717) is 0 Å². The van der Waals surface area contributed by atoms with Crippen molar-refractivity contribution >= 4 is 65.6 Å². The minimum Gasteiger partial charge on any atom is -0.456 e. The van der Waals surface area contributed by atoms with Crippen LogP contribution in [0.25, 0.3) is 99.2 Å². The maximum absolute atomic E-state index is 6.20. The van der Waals surface area contributed by atoms with Gasteiger partial charge in [0.25, 0.3) is 0 Å². The molecular weight excluding hydrogens is 693 g/mol. The Hall–Kier alpha value is -6.84. The summed E-state index contributed by atoms with van der Waals surface area (Å²) in [6.45, 7) is 0. The lowest BCUT2D eigenvalue weighted by Crippen LogP contribution is -2.27. The molecule has 0 bridgehead atoms. The summed E-state index contributed by atoms with van der Waals surface area (Å²) >= 11 is 0. The quantitative estimate of drug-likeness (QED) is 0.177. The van der Waals surface area contributed by atoms with Crippen molar-refractivity contribution in [2.45, 2.75) is 37.5 Å². The van der Waals surface area contributed by atoms with Gasteiger partial charge in [-0.05, 0) is 125 Å². The van der Waals surface area contributed by atoms with E-state index in [1.54, 1.807) is 0 Å². The maximum Gasteiger partial charge on any atom is 0.135 e. The molecule has 3 heterocycles. The largest absolute Gasteiger partial charge is 0.456 e. The highest BCUT2D eigenvalue weighted by Crippen LogP contribution is 2.57. The first kappa shape index (κ1) is 31.4. The maximum atomic E-state index is 6.20. The molecular formula is C54H38N2O. The van der Waals surface area contributed by atoms with E-state index in [2.05, 4.69) is 167 Å². The second-order valence-corrected chi connectivity index (χ2v) is 16.4. The lowest BCUT2D eigenvalue weighted by molar-refractivity contribution is 0.353. The third-order valence-corrected chi connectivity index (χ3v) is 13.5. The molecule has 270 valence electrons. The Morgan fingerprint density at radius 3 is 1.82 bits per heavy atom. The number of hydrogen-bond acceptors (Lipinski definition) is 1. The van der Waals surface area contributed by atoms with E-state index in [4.69, 9.17) is 4.42 Å². The van der Waals surface area contributed by atoms with Crippen LogP contribution in [0.3, 0.4) is 0 Å². The van der Waals surface area contributed by atoms with Crippen LogP contribution < -0.4 is 0 Å². The van der Waals surface area contributed by atoms with Crippen molar-refractivity contribution in [3.8, 4) is 33.6 Å². The molecule has 3 aromatic heterocycles. The number of para-hydroxylation sites is 3. The number of hydrogen-bond donors (Lipinski definition) is 0. The minimum atomic E-state index is 0.103. The molecule has 1 fully saturated rings. The molecule has 57 heavy (non-hydrogen) atoms. The van der Waals surface area contributed by atoms with Crippen molar-refractivity contribution < 1.29 is 4.42 Å². The smallest absolute Gasteiger partial charge is 0.135 e. The highest BCUT2D eigenvalue weighted by Gasteiger charge is 2.44. The monoisotopic (exact) mass is 730 g/mol. The van der Waals surface area contributed by atoms with Gasteiger partial charge in [0.15, 0.2) is 0 Å². The Labute approximate surface area is 330 Å². The van der Waals surface area contributed by atoms with Crippen molar-refractivity contribution in [3.63, 3.8) is 0 Å². The third-order valence-electron chi connectivity index (χ3n) is 13.5. The summed E-state index contributed by atoms with van der Waals surface area (Å²) in [5.74, 6) is 0. The van der Waals surface area contributed by atoms with Gasteiger partial charge in [-0.2, -0.15) is 0 Å². The van der Waals surface area contributed by atoms with Gasteiger partial charge in [-0.25, -0.2) is 0 Å². The zero-order valence-electron chi connectivity index (χ0n) is 31.5. The lowest BCUT2D eigenvalue weighted by atomic mass is 9.68. The zero-order valence-corrected chi connectivity index (χ0v) is 31.5. The molecule has 1 spiro atoms. The molecule has 13 rings (SSSR count). The number of furan rings is 1. The summed E-state index contributed by atoms with van der Waals surface area (Å²) in [4.78, 5) is 0. The molecule has 0 unspecified atom stereocenters. The summed E-state index contributed by atoms with van der Waals surface area (Å²) in [5, 5.41) is 7.43. The molecule has 0 amide bonds. The fourth-order valence-corrected chi connectivity index (χ4v) is 11.0. The predicted octanol–water partition coefficient (Wildman–Crippen LogP) is 14.7. The van der Waals surface area contributed by atoms with Gasteiger partial charge in [-0.15, -0.1) is 0 Å². The second kappa shape index (κ2) is 11.6. The summed E-state index contributed by atoms with van der Waals surface area (Å²) in [6, 6.07) is 63.2. The number of nitrogens with zero attached hydrogens (tertiary/aromatic N) is 2. The second-order valence-electron chi connectivity index (χ2n) is 16.4. The normalized spacial score (nSPS) is 14.8. The predicted molar refractivity (Wildman–Crippen MR) is 237 cm³/mol. The summed E-state index contributed by atoms with van der Waals surface area (Å²) in [7, 11) is 0. The average Bonchev–Trinajstić information content (AvgIpc) is 3.98. The van der Waals surface area contributed by atoms with Crippen LogP contribution in [0.2, 0.25) is 0 Å². The molecule has 2 aliphatic carbocycles. The van der Waals surface area contributed by atoms with E-state index < -0.39 is 0 Å². The number of fused-ring (bicyclic) bond motifs is 14. The van der Waals surface area contributed by atoms with Gasteiger partial charge in [0.05, 0.1) is 22.1 Å². The Bertz CT molecular complexity index is 3440. The van der Waals surface area contributed by atoms with Crippen LogP contribution in [-0.4, -0.2) is 9.13 Å². The van der Waals surface area contributed by atoms with Gasteiger partial charge in [0, 0.05) is 49.1 Å². The number of aromatic nitrogens is 2. The van der Waals surface area contributed by atoms with E-state index >= 15 is 0 Å². The topological polar surface area (TPSA) is 23.0 Å². The number of benzene rings is 8. The summed E-state index contributed by atoms with van der Waals surface area (Å²) < 4.78 is 11.1. The van der Waals surface area contributed by atoms with Crippen LogP contribution in [-0.2, 0) is 5.41 Å². The van der Waals surface area contributed by atoms with Gasteiger partial charge in [-0.3, -0.25) is 0 Å². The van der Waals surface area contributed by atoms with Crippen LogP contribution in [0, 0.1) is 0 Å². The zero-order chi connectivity index (χ0) is 37.2. The van der Waals surface area contributed by atoms with Crippen LogP contribution in [0.5, 0.6) is 0 Å². The first-order valence-corrected chi connectivity index (χ1v) is 20.5. The molecule has 0 radical (unpaired) electrons. The molecule has 11 aromatic rings. The van der Waals surface area contributed by atoms with Gasteiger partial charge in [0.1, 0.15) is 11.2 Å². The van der Waals surface area contributed by atoms with Crippen LogP contribution >= 0.6 is 0 Å². The Morgan fingerprint density at radius 1 is 0.368 bits per heavy atom. The van der Waals surface area contributed by atoms with Crippen molar-refractivity contribution in [1.29, 1.82) is 0 Å². The van der Waals surface area contributed by atoms with E-state index in [0.717, 1.165) is 27.6 Å². The highest BCUT2D eigenvalue weighted by atomic mass is 16.3. The van der Waals surface area contributed by atoms with Gasteiger partial charge >= 0.3 is 0 Å². The van der Waals surface area contributed by atoms with E-state index in [1.165, 1.54) is 115 Å². The third kappa shape index (κ3) is 4.32. The molecule has 8 aromatic carbocycles. The SMILES string of the molecule is c1ccc(-n2c3ccc(-c4ccc5c(c4)c4ccccc4n5-c4ccc5oc6ccccc6c5c4)cc3c3cc4c(cc32)-c2ccccc2C42CCCCC2)cc1. The standard InChI is InChI=1S/C54H38N2O/c1-3-13-36(14-4-1)55-50-25-22-35(30-43(50)44-32-47-41(33-51(44)55)38-15-5-8-18-46(38)54(47)27-11-2-12-28-54)34-21-24-49-42(29-34)39-16-6-9-19-48(39)56(49)37-23-26-53-45(31-37)40-17-7-10-20-52(40)57-53/h1,3-10,13-26,29-33H,2,11-12,27-28H2. The van der Waals surface area contributed by atoms with Gasteiger partial charge < -0.3 is 13.6 Å². The summed E-state index contributed by atoms with van der Waals surface area (Å²) in [5.41, 5.74) is 17.5. The van der Waals surface area contributed by atoms with Crippen molar-refractivity contribution in [1.82, 2.24) is 9.13 Å². The molecule has 0 N–H and O–H groups in total. The first-order chi connectivity index (χ1) is 28.2. The fourth-order valence-electron chi connectivity index (χ4n) is 11.0. The van der Waals surface area contributed by atoms with E-state index in [9.17, 15) is 0 Å². The minimum absolute atomic E-state index is 0.103. The van der Waals surface area contributed by atoms with Crippen molar-refractivity contribution in [3.05, 3.63) is 181 Å². The van der Waals surface area contributed by atoms with Crippen molar-refractivity contribution in [2.24, 2.45) is 0 Å². The Morgan fingerprint density at radius 2 is 1.00 bits per heavy atom. The Balaban J connectivity index is 1.02. The van der Waals surface area contributed by atoms with Crippen LogP contribution in [0.15, 0.2) is 174 Å². The lowest BCUT2D eigenvalue weighted by Gasteiger charge is -2.36. The van der Waals surface area contributed by atoms with E-state index in [1.807, 2.05) is 12.1 Å². The molecule has 1 saturated carbocycles. The molecule has 3 heteroatoms. The fraction of sp³-hybridized carbons (Fsp3) is 0.111. The first-order valence-electron chi connectivity index (χ1n) is 20.5. The van der Waals surface area contributed by atoms with Crippen LogP contribution in [0.1, 0.15) is 43.2 Å². The molecule has 2 aliphatic rings. The summed E-state index contributed by atoms with van der Waals surface area (Å²) in [6.07, 6.45) is 6.36. The number of rotatable bonds is 3. The van der Waals surface area contributed by atoms with E-state index in [-0.39, 0.29) is 5.41 Å². The molecule has 0 saturated heterocycles. The highest BCUT2D eigenvalue weighted by molar-refractivity contribution is 6.14. The molecule has 0 aliphatic heterocycles. The van der Waals surface area contributed by atoms with Crippen LogP contribution in [0.4, 0.5) is 0 Å². The van der Waals surface area contributed by atoms with Gasteiger partial charge in [0.2, 0.25) is 0 Å².